The van der Waals surface area contributed by atoms with Crippen molar-refractivity contribution in [2.24, 2.45) is 0 Å². The van der Waals surface area contributed by atoms with E-state index in [-0.39, 0.29) is 17.9 Å². The lowest BCUT2D eigenvalue weighted by Gasteiger charge is -2.22. The molecule has 4 nitrogen and oxygen atoms in total. The monoisotopic (exact) mass is 364 g/mol. The molecule has 0 aromatic carbocycles. The van der Waals surface area contributed by atoms with Crippen LogP contribution in [0.5, 0.6) is 0 Å². The van der Waals surface area contributed by atoms with Gasteiger partial charge in [-0.2, -0.15) is 0 Å². The third kappa shape index (κ3) is 7.19. The molecule has 0 aliphatic heterocycles. The molecule has 0 saturated heterocycles. The number of hydrogen-bond acceptors (Lipinski definition) is 2. The summed E-state index contributed by atoms with van der Waals surface area (Å²) in [6.45, 7) is 4.02. The summed E-state index contributed by atoms with van der Waals surface area (Å²) in [6.07, 6.45) is 0. The summed E-state index contributed by atoms with van der Waals surface area (Å²) in [6, 6.07) is -0.113. The number of nitrogens with one attached hydrogen (secondary N) is 2. The highest BCUT2D eigenvalue weighted by molar-refractivity contribution is 9.11. The van der Waals surface area contributed by atoms with Gasteiger partial charge in [0.1, 0.15) is 23.5 Å². The van der Waals surface area contributed by atoms with Crippen LogP contribution >= 0.6 is 31.9 Å². The first-order valence-electron chi connectivity index (χ1n) is 5.41. The lowest BCUT2D eigenvalue weighted by molar-refractivity contribution is -0.123. The Bertz CT molecular complexity index is 302. The predicted octanol–water partition coefficient (Wildman–Crippen LogP) is -2.33. The van der Waals surface area contributed by atoms with E-state index in [1.54, 1.807) is 30.5 Å². The minimum absolute atomic E-state index is 0.0997. The van der Waals surface area contributed by atoms with Crippen molar-refractivity contribution in [3.8, 4) is 0 Å². The summed E-state index contributed by atoms with van der Waals surface area (Å²) in [5.74, 6) is -0.200. The van der Waals surface area contributed by atoms with E-state index in [0.717, 1.165) is 0 Å². The maximum absolute atomic E-state index is 11.6. The Labute approximate surface area is 122 Å². The number of amides is 2. The van der Waals surface area contributed by atoms with E-state index in [0.29, 0.717) is 6.54 Å². The number of alkyl halides is 2. The van der Waals surface area contributed by atoms with Crippen LogP contribution in [-0.2, 0) is 9.59 Å². The topological polar surface area (TPSA) is 58.2 Å². The van der Waals surface area contributed by atoms with E-state index >= 15 is 0 Å². The van der Waals surface area contributed by atoms with Crippen molar-refractivity contribution in [1.82, 2.24) is 10.6 Å². The first kappa shape index (κ1) is 17.1. The average Bonchev–Trinajstić information content (AvgIpc) is 2.10. The van der Waals surface area contributed by atoms with Crippen molar-refractivity contribution in [1.29, 1.82) is 0 Å². The first-order valence-corrected chi connectivity index (χ1v) is 7.00. The predicted molar refractivity (Wildman–Crippen MR) is 85.2 cm³/mol. The van der Waals surface area contributed by atoms with E-state index in [1.165, 1.54) is 0 Å². The van der Waals surface area contributed by atoms with Gasteiger partial charge in [-0.3, -0.25) is 9.59 Å². The second-order valence-electron chi connectivity index (χ2n) is 5.03. The lowest BCUT2D eigenvalue weighted by Crippen LogP contribution is -2.51. The summed E-state index contributed by atoms with van der Waals surface area (Å²) >= 11 is 6.55. The molecule has 0 saturated carbocycles. The van der Waals surface area contributed by atoms with Gasteiger partial charge in [0.25, 0.3) is 0 Å². The quantitative estimate of drug-likeness (QED) is 0.424. The molecule has 2 amide bonds. The fraction of sp³-hybridized carbons (Fsp3) is 0.750. The van der Waals surface area contributed by atoms with E-state index in [4.69, 9.17) is 0 Å². The first-order chi connectivity index (χ1) is 7.44. The number of carbonyl (C=O) groups excluding carboxylic acids is 2. The highest BCUT2D eigenvalue weighted by atomic mass is 79.9. The second kappa shape index (κ2) is 6.32. The molecule has 0 aliphatic carbocycles. The molecule has 0 aromatic heterocycles. The molecule has 94 valence electrons. The van der Waals surface area contributed by atoms with Gasteiger partial charge in [-0.25, -0.2) is 0 Å². The smallest absolute Gasteiger partial charge is 0.228 e. The van der Waals surface area contributed by atoms with E-state index < -0.39 is 8.35 Å². The maximum atomic E-state index is 11.6. The van der Waals surface area contributed by atoms with Crippen molar-refractivity contribution in [2.45, 2.75) is 28.2 Å². The summed E-state index contributed by atoms with van der Waals surface area (Å²) in [5, 5.41) is 5.57. The van der Waals surface area contributed by atoms with Gasteiger partial charge in [0, 0.05) is 16.7 Å². The Balaban J connectivity index is 4.10. The zero-order chi connectivity index (χ0) is 13.9. The Morgan fingerprint density at radius 2 is 1.71 bits per heavy atom. The minimum Gasteiger partial charge on any atom is -0.354 e. The molecule has 0 spiro atoms. The van der Waals surface area contributed by atoms with Crippen LogP contribution in [0.1, 0.15) is 13.8 Å². The summed E-state index contributed by atoms with van der Waals surface area (Å²) in [5.41, 5.74) is 0. The van der Waals surface area contributed by atoms with Crippen molar-refractivity contribution >= 4 is 67.2 Å². The number of halogens is 2. The molecule has 0 aromatic rings. The van der Waals surface area contributed by atoms with E-state index in [9.17, 15) is 9.59 Å². The Hall–Kier alpha value is 0.0948. The summed E-state index contributed by atoms with van der Waals surface area (Å²) in [7, 11) is 5.32. The van der Waals surface area contributed by atoms with Gasteiger partial charge >= 0.3 is 0 Å². The van der Waals surface area contributed by atoms with Crippen LogP contribution in [0.4, 0.5) is 0 Å². The van der Waals surface area contributed by atoms with Crippen LogP contribution in [-0.4, -0.2) is 56.3 Å². The molecular weight excluding hydrogens is 348 g/mol. The normalized spacial score (nSPS) is 16.7. The summed E-state index contributed by atoms with van der Waals surface area (Å²) < 4.78 is -1.19. The third-order valence-corrected chi connectivity index (χ3v) is 2.75. The number of hydrogen-bond donors (Lipinski definition) is 2. The zero-order valence-corrected chi connectivity index (χ0v) is 14.0. The van der Waals surface area contributed by atoms with Crippen molar-refractivity contribution < 1.29 is 9.59 Å². The lowest BCUT2D eigenvalue weighted by atomic mass is 9.70. The van der Waals surface area contributed by atoms with Crippen LogP contribution in [0, 0.1) is 0 Å². The van der Waals surface area contributed by atoms with E-state index in [1.807, 2.05) is 6.92 Å². The van der Waals surface area contributed by atoms with Crippen LogP contribution in [0.15, 0.2) is 0 Å². The molecular formula is C8H17B3Br2N2O2. The molecule has 2 N–H and O–H groups in total. The van der Waals surface area contributed by atoms with Crippen LogP contribution in [0.25, 0.3) is 0 Å². The molecule has 0 aliphatic rings. The number of rotatable bonds is 5. The summed E-state index contributed by atoms with van der Waals surface area (Å²) in [4.78, 5) is 23.2. The van der Waals surface area contributed by atoms with Crippen LogP contribution < -0.4 is 10.6 Å². The highest BCUT2D eigenvalue weighted by Crippen LogP contribution is 2.11. The van der Waals surface area contributed by atoms with Crippen molar-refractivity contribution in [2.75, 3.05) is 6.54 Å². The van der Waals surface area contributed by atoms with Crippen molar-refractivity contribution in [3.05, 3.63) is 0 Å². The zero-order valence-electron chi connectivity index (χ0n) is 10.9. The van der Waals surface area contributed by atoms with Gasteiger partial charge in [-0.1, -0.05) is 31.9 Å². The fourth-order valence-corrected chi connectivity index (χ4v) is 1.16. The van der Waals surface area contributed by atoms with Gasteiger partial charge in [0.05, 0.1) is 4.22 Å². The molecule has 2 unspecified atom stereocenters. The Morgan fingerprint density at radius 3 is 2.06 bits per heavy atom. The SMILES string of the molecule is BC(B)(Br)C(=O)NC(C)CNC(=O)C(B)(C)Br. The molecule has 0 rings (SSSR count). The van der Waals surface area contributed by atoms with Gasteiger partial charge in [0.2, 0.25) is 11.8 Å². The Morgan fingerprint density at radius 1 is 1.24 bits per heavy atom. The van der Waals surface area contributed by atoms with Crippen LogP contribution in [0.2, 0.25) is 0 Å². The van der Waals surface area contributed by atoms with Gasteiger partial charge in [-0.05, 0) is 13.8 Å². The maximum Gasteiger partial charge on any atom is 0.228 e. The highest BCUT2D eigenvalue weighted by Gasteiger charge is 2.26. The van der Waals surface area contributed by atoms with E-state index in [2.05, 4.69) is 42.5 Å². The molecule has 0 fully saturated rings. The van der Waals surface area contributed by atoms with Crippen LogP contribution in [0.3, 0.4) is 0 Å². The molecule has 0 bridgehead atoms. The number of carbonyl (C=O) groups is 2. The fourth-order valence-electron chi connectivity index (χ4n) is 0.902. The molecule has 17 heavy (non-hydrogen) atoms. The van der Waals surface area contributed by atoms with Crippen molar-refractivity contribution in [3.63, 3.8) is 0 Å². The third-order valence-electron chi connectivity index (χ3n) is 2.03. The molecule has 0 heterocycles. The second-order valence-corrected chi connectivity index (χ2v) is 8.99. The molecule has 9 heteroatoms. The largest absolute Gasteiger partial charge is 0.354 e. The van der Waals surface area contributed by atoms with Gasteiger partial charge in [-0.15, -0.1) is 0 Å². The van der Waals surface area contributed by atoms with Gasteiger partial charge in [0.15, 0.2) is 0 Å². The average molecular weight is 365 g/mol. The minimum atomic E-state index is -0.597. The molecule has 0 radical (unpaired) electrons. The molecule has 2 atom stereocenters. The Kier molecular flexibility index (Phi) is 6.35. The van der Waals surface area contributed by atoms with Gasteiger partial charge < -0.3 is 10.6 Å². The standard InChI is InChI=1S/C8H17B3Br2N2O2/c1-4(15-6(17)8(10,11)13)3-14-5(16)7(2,9)12/h4H,3,9-11H2,1-2H3,(H,14,16)(H,15,17).